The first-order valence-electron chi connectivity index (χ1n) is 19.4. The van der Waals surface area contributed by atoms with Gasteiger partial charge in [0.2, 0.25) is 5.91 Å². The van der Waals surface area contributed by atoms with E-state index >= 15 is 0 Å². The molecule has 0 spiro atoms. The largest absolute Gasteiger partial charge is 1.00 e. The summed E-state index contributed by atoms with van der Waals surface area (Å²) in [6.07, 6.45) is 8.87. The minimum atomic E-state index is 0. The molecule has 0 unspecified atom stereocenters. The van der Waals surface area contributed by atoms with Gasteiger partial charge in [-0.3, -0.25) is 14.4 Å². The van der Waals surface area contributed by atoms with E-state index in [0.717, 1.165) is 88.5 Å². The summed E-state index contributed by atoms with van der Waals surface area (Å²) >= 11 is 12.1. The van der Waals surface area contributed by atoms with Crippen molar-refractivity contribution >= 4 is 111 Å². The van der Waals surface area contributed by atoms with Crippen LogP contribution >= 0.6 is 62.2 Å². The summed E-state index contributed by atoms with van der Waals surface area (Å²) in [5.74, 6) is 0.405. The van der Waals surface area contributed by atoms with Crippen LogP contribution in [0.4, 0.5) is 26.8 Å². The molecule has 326 valence electrons. The molecule has 0 aliphatic carbocycles. The number of benzene rings is 2. The van der Waals surface area contributed by atoms with Gasteiger partial charge in [-0.05, 0) is 74.9 Å². The fourth-order valence-electron chi connectivity index (χ4n) is 5.32. The van der Waals surface area contributed by atoms with Gasteiger partial charge in [-0.1, -0.05) is 102 Å². The number of nitrogens with one attached hydrogen (secondary N) is 2. The Labute approximate surface area is 407 Å². The number of nitrogen functional groups attached to an aromatic ring is 2. The first-order chi connectivity index (χ1) is 28.3. The van der Waals surface area contributed by atoms with E-state index in [1.54, 1.807) is 18.3 Å². The minimum Gasteiger partial charge on any atom is -0.870 e. The van der Waals surface area contributed by atoms with Crippen LogP contribution in [0.3, 0.4) is 0 Å². The quantitative estimate of drug-likeness (QED) is 0.0288. The van der Waals surface area contributed by atoms with Crippen LogP contribution in [0.15, 0.2) is 53.9 Å². The Morgan fingerprint density at radius 2 is 1.38 bits per heavy atom. The van der Waals surface area contributed by atoms with Crippen LogP contribution in [0.1, 0.15) is 97.4 Å². The van der Waals surface area contributed by atoms with Gasteiger partial charge in [0.1, 0.15) is 5.78 Å². The van der Waals surface area contributed by atoms with Gasteiger partial charge in [-0.25, -0.2) is 15.0 Å². The molecule has 1 saturated heterocycles. The van der Waals surface area contributed by atoms with Crippen molar-refractivity contribution in [3.63, 3.8) is 0 Å². The van der Waals surface area contributed by atoms with Crippen molar-refractivity contribution in [3.8, 4) is 10.6 Å². The Kier molecular flexibility index (Phi) is 28.2. The van der Waals surface area contributed by atoms with Gasteiger partial charge in [0, 0.05) is 55.7 Å². The van der Waals surface area contributed by atoms with Crippen molar-refractivity contribution in [3.05, 3.63) is 81.3 Å². The Hall–Kier alpha value is -3.17. The summed E-state index contributed by atoms with van der Waals surface area (Å²) in [4.78, 5) is 49.4. The normalized spacial score (nSPS) is 11.2. The maximum Gasteiger partial charge on any atom is 1.00 e. The predicted molar refractivity (Wildman–Crippen MR) is 257 cm³/mol. The molecule has 2 aromatic carbocycles. The zero-order valence-corrected chi connectivity index (χ0v) is 42.4. The Morgan fingerprint density at radius 1 is 0.820 bits per heavy atom. The minimum absolute atomic E-state index is 0. The van der Waals surface area contributed by atoms with Gasteiger partial charge >= 0.3 is 29.6 Å². The van der Waals surface area contributed by atoms with Crippen LogP contribution in [0.2, 0.25) is 0 Å². The predicted octanol–water partition coefficient (Wildman–Crippen LogP) is 7.08. The van der Waals surface area contributed by atoms with Gasteiger partial charge < -0.3 is 38.0 Å². The molecule has 19 heteroatoms. The number of carbonyl (C=O) groups is 3. The number of aromatic nitrogens is 3. The number of nitrogens with two attached hydrogens (primary N) is 3. The number of Topliss-reactive ketones (excluding diaryl/α,β-unsaturated/α-hetero) is 2. The molecule has 0 bridgehead atoms. The smallest absolute Gasteiger partial charge is 0.870 e. The number of amides is 1. The van der Waals surface area contributed by atoms with Crippen molar-refractivity contribution in [2.75, 3.05) is 40.6 Å². The Balaban J connectivity index is 0.000000456. The number of carbonyl (C=O) groups excluding carboxylic acids is 3. The molecule has 5 aromatic rings. The van der Waals surface area contributed by atoms with E-state index in [9.17, 15) is 14.4 Å². The zero-order valence-electron chi connectivity index (χ0n) is 35.6. The van der Waals surface area contributed by atoms with Gasteiger partial charge in [0.25, 0.3) is 0 Å². The average Bonchev–Trinajstić information content (AvgIpc) is 4.05. The number of aryl methyl sites for hydroxylation is 2. The van der Waals surface area contributed by atoms with Gasteiger partial charge in [-0.15, -0.1) is 11.3 Å². The third-order valence-corrected chi connectivity index (χ3v) is 11.8. The number of thiazole rings is 3. The third-order valence-electron chi connectivity index (χ3n) is 8.35. The van der Waals surface area contributed by atoms with Crippen LogP contribution < -0.4 is 57.4 Å². The molecule has 13 nitrogen and oxygen atoms in total. The number of anilines is 5. The maximum atomic E-state index is 11.9. The number of alkyl halides is 1. The number of halogens is 1. The second-order valence-electron chi connectivity index (χ2n) is 13.5. The SMILES string of the molecule is C1CCOC1.CCCCC(=O)Cc1ccc(Nc2nc(-c3sc(N)nc3C)cs2)cc1.CCCCC(=O)Nc1ccc(CC(N)=S)cc1.Cc1nc(N)sc1C(=O)CBr.[Na+].[OH-]. The third kappa shape index (κ3) is 21.7. The molecule has 3 aromatic heterocycles. The maximum absolute atomic E-state index is 11.9. The van der Waals surface area contributed by atoms with Crippen LogP contribution in [-0.4, -0.2) is 61.4 Å². The van der Waals surface area contributed by atoms with E-state index in [0.29, 0.717) is 56.9 Å². The molecule has 0 saturated carbocycles. The number of ketones is 2. The van der Waals surface area contributed by atoms with Crippen LogP contribution in [0.25, 0.3) is 10.6 Å². The number of rotatable bonds is 16. The molecule has 0 radical (unpaired) electrons. The van der Waals surface area contributed by atoms with E-state index < -0.39 is 0 Å². The monoisotopic (exact) mass is 982 g/mol. The van der Waals surface area contributed by atoms with Crippen LogP contribution in [0.5, 0.6) is 0 Å². The fourth-order valence-corrected chi connectivity index (χ4v) is 8.32. The molecule has 1 aliphatic heterocycles. The number of hydrogen-bond acceptors (Lipinski definition) is 15. The Bertz CT molecular complexity index is 2070. The summed E-state index contributed by atoms with van der Waals surface area (Å²) in [6.45, 7) is 9.89. The number of hydrogen-bond donors (Lipinski definition) is 5. The second kappa shape index (κ2) is 30.8. The number of unbranched alkanes of at least 4 members (excludes halogenated alkanes) is 2. The topological polar surface area (TPSA) is 231 Å². The summed E-state index contributed by atoms with van der Waals surface area (Å²) in [6, 6.07) is 15.6. The molecule has 9 N–H and O–H groups in total. The van der Waals surface area contributed by atoms with E-state index in [1.807, 2.05) is 60.8 Å². The molecule has 1 aliphatic rings. The van der Waals surface area contributed by atoms with Gasteiger partial charge in [-0.2, -0.15) is 0 Å². The zero-order chi connectivity index (χ0) is 43.2. The van der Waals surface area contributed by atoms with E-state index in [4.69, 9.17) is 34.2 Å². The molecule has 61 heavy (non-hydrogen) atoms. The molecular weight excluding hydrogens is 928 g/mol. The van der Waals surface area contributed by atoms with Crippen LogP contribution in [-0.2, 0) is 27.2 Å². The summed E-state index contributed by atoms with van der Waals surface area (Å²) < 4.78 is 4.94. The number of thiocarbonyl (C=S) groups is 1. The summed E-state index contributed by atoms with van der Waals surface area (Å²) in [7, 11) is 0. The van der Waals surface area contributed by atoms with Crippen LogP contribution in [0, 0.1) is 13.8 Å². The first kappa shape index (κ1) is 55.8. The molecule has 1 fully saturated rings. The fraction of sp³-hybridized carbons (Fsp3) is 0.405. The molecule has 6 rings (SSSR count). The molecule has 1 amide bonds. The second-order valence-corrected chi connectivity index (χ2v) is 17.5. The average molecular weight is 984 g/mol. The summed E-state index contributed by atoms with van der Waals surface area (Å²) in [5.41, 5.74) is 23.0. The Morgan fingerprint density at radius 3 is 1.87 bits per heavy atom. The van der Waals surface area contributed by atoms with Crippen molar-refractivity contribution in [1.82, 2.24) is 15.0 Å². The van der Waals surface area contributed by atoms with Crippen molar-refractivity contribution < 1.29 is 54.2 Å². The standard InChI is InChI=1S/C19H22N4OS2.C13H18N2OS.C6H7BrN2OS.C4H8O.Na.H2O/c1-3-4-5-15(24)10-13-6-8-14(9-7-13)22-19-23-16(11-25-19)17-12(2)21-18(20)26-17;1-2-3-4-13(16)15-11-7-5-10(6-8-11)9-12(14)17;1-3-5(4(10)2-7)11-6(8)9-3;1-2-4-5-3-1;;/h6-9,11H,3-5,10H2,1-2H3,(H2,20,21)(H,22,23);5-8H,2-4,9H2,1H3,(H2,14,17)(H,15,16);2H2,1H3,(H2,8,9);1-4H2;;1H2/q;;;;+1;/p-1. The van der Waals surface area contributed by atoms with Gasteiger partial charge in [0.05, 0.1) is 37.2 Å². The molecular formula is C42H56BrN8NaO5S4. The van der Waals surface area contributed by atoms with E-state index in [2.05, 4.69) is 55.4 Å². The molecule has 0 atom stereocenters. The number of nitrogens with zero attached hydrogens (tertiary/aromatic N) is 3. The van der Waals surface area contributed by atoms with Gasteiger partial charge in [0.15, 0.2) is 21.2 Å². The summed E-state index contributed by atoms with van der Waals surface area (Å²) in [5, 5.41) is 10.3. The van der Waals surface area contributed by atoms with Crippen molar-refractivity contribution in [1.29, 1.82) is 0 Å². The van der Waals surface area contributed by atoms with Crippen molar-refractivity contribution in [2.24, 2.45) is 5.73 Å². The molecule has 4 heterocycles. The van der Waals surface area contributed by atoms with E-state index in [1.165, 1.54) is 35.5 Å². The first-order valence-corrected chi connectivity index (χ1v) is 23.5. The number of ether oxygens (including phenoxy) is 1. The van der Waals surface area contributed by atoms with Crippen molar-refractivity contribution in [2.45, 2.75) is 91.9 Å². The van der Waals surface area contributed by atoms with E-state index in [-0.39, 0.29) is 46.7 Å².